The molecule has 0 bridgehead atoms. The Morgan fingerprint density at radius 1 is 1.25 bits per heavy atom. The third-order valence-corrected chi connectivity index (χ3v) is 5.67. The van der Waals surface area contributed by atoms with Crippen LogP contribution in [0.1, 0.15) is 18.4 Å². The fraction of sp³-hybridized carbons (Fsp3) is 0.286. The van der Waals surface area contributed by atoms with Crippen molar-refractivity contribution in [1.82, 2.24) is 9.88 Å². The summed E-state index contributed by atoms with van der Waals surface area (Å²) in [4.78, 5) is 12.1. The number of aromatic nitrogens is 1. The molecule has 1 atom stereocenters. The van der Waals surface area contributed by atoms with Crippen molar-refractivity contribution >= 4 is 44.8 Å². The molecule has 24 heavy (non-hydrogen) atoms. The second-order valence-corrected chi connectivity index (χ2v) is 7.58. The van der Waals surface area contributed by atoms with E-state index in [1.165, 1.54) is 32.9 Å². The molecule has 1 aromatic heterocycles. The predicted octanol–water partition coefficient (Wildman–Crippen LogP) is 2.90. The van der Waals surface area contributed by atoms with E-state index < -0.39 is 22.0 Å². The van der Waals surface area contributed by atoms with Gasteiger partial charge in [-0.3, -0.25) is 4.79 Å². The lowest BCUT2D eigenvalue weighted by Gasteiger charge is -2.14. The number of aryl methyl sites for hydroxylation is 2. The topological polar surface area (TPSA) is 101 Å². The Labute approximate surface area is 149 Å². The number of halogens is 2. The summed E-state index contributed by atoms with van der Waals surface area (Å²) in [6.45, 7) is 4.41. The van der Waals surface area contributed by atoms with Gasteiger partial charge in [0, 0.05) is 5.69 Å². The van der Waals surface area contributed by atoms with Crippen LogP contribution in [0.5, 0.6) is 0 Å². The van der Waals surface area contributed by atoms with Crippen molar-refractivity contribution in [3.63, 3.8) is 0 Å². The summed E-state index contributed by atoms with van der Waals surface area (Å²) < 4.78 is 31.9. The van der Waals surface area contributed by atoms with Crippen LogP contribution in [0, 0.1) is 13.8 Å². The third kappa shape index (κ3) is 4.07. The van der Waals surface area contributed by atoms with E-state index in [1.807, 2.05) is 0 Å². The molecule has 1 unspecified atom stereocenters. The first-order chi connectivity index (χ1) is 11.1. The quantitative estimate of drug-likeness (QED) is 0.815. The zero-order chi connectivity index (χ0) is 18.1. The number of hydrogen-bond donors (Lipinski definition) is 2. The van der Waals surface area contributed by atoms with Gasteiger partial charge in [0.25, 0.3) is 0 Å². The molecule has 0 fully saturated rings. The lowest BCUT2D eigenvalue weighted by molar-refractivity contribution is -0.117. The Morgan fingerprint density at radius 3 is 2.46 bits per heavy atom. The SMILES string of the molecule is Cc1noc(C)c1S(=O)(=O)NC(C)C(=O)Nc1ccc(Cl)c(Cl)c1. The Morgan fingerprint density at radius 2 is 1.92 bits per heavy atom. The summed E-state index contributed by atoms with van der Waals surface area (Å²) in [7, 11) is -3.94. The van der Waals surface area contributed by atoms with Crippen LogP contribution in [0.15, 0.2) is 27.6 Å². The summed E-state index contributed by atoms with van der Waals surface area (Å²) in [5, 5.41) is 6.78. The van der Waals surface area contributed by atoms with Gasteiger partial charge in [0.2, 0.25) is 15.9 Å². The molecule has 10 heteroatoms. The third-order valence-electron chi connectivity index (χ3n) is 3.15. The van der Waals surface area contributed by atoms with Crippen molar-refractivity contribution in [3.8, 4) is 0 Å². The van der Waals surface area contributed by atoms with Crippen LogP contribution in [0.4, 0.5) is 5.69 Å². The Kier molecular flexibility index (Phi) is 5.54. The summed E-state index contributed by atoms with van der Waals surface area (Å²) in [6.07, 6.45) is 0. The monoisotopic (exact) mass is 391 g/mol. The maximum Gasteiger partial charge on any atom is 0.246 e. The van der Waals surface area contributed by atoms with Crippen LogP contribution in [-0.2, 0) is 14.8 Å². The van der Waals surface area contributed by atoms with E-state index in [4.69, 9.17) is 27.7 Å². The Balaban J connectivity index is 2.12. The van der Waals surface area contributed by atoms with Gasteiger partial charge in [0.05, 0.1) is 16.1 Å². The molecule has 0 saturated heterocycles. The molecule has 2 N–H and O–H groups in total. The van der Waals surface area contributed by atoms with Gasteiger partial charge in [-0.05, 0) is 39.0 Å². The van der Waals surface area contributed by atoms with E-state index in [1.54, 1.807) is 6.07 Å². The molecule has 2 rings (SSSR count). The van der Waals surface area contributed by atoms with Crippen LogP contribution in [0.3, 0.4) is 0 Å². The van der Waals surface area contributed by atoms with Crippen LogP contribution in [-0.4, -0.2) is 25.5 Å². The molecule has 2 aromatic rings. The molecule has 0 aliphatic carbocycles. The molecule has 1 heterocycles. The van der Waals surface area contributed by atoms with Crippen LogP contribution in [0.25, 0.3) is 0 Å². The standard InChI is InChI=1S/C14H15Cl2N3O4S/c1-7-13(9(3)23-18-7)24(21,22)19-8(2)14(20)17-10-4-5-11(15)12(16)6-10/h4-6,8,19H,1-3H3,(H,17,20). The van der Waals surface area contributed by atoms with E-state index in [9.17, 15) is 13.2 Å². The van der Waals surface area contributed by atoms with Gasteiger partial charge in [0.1, 0.15) is 10.6 Å². The summed E-state index contributed by atoms with van der Waals surface area (Å²) in [5.74, 6) is -0.402. The van der Waals surface area contributed by atoms with Gasteiger partial charge in [-0.15, -0.1) is 0 Å². The lowest BCUT2D eigenvalue weighted by atomic mass is 10.3. The smallest absolute Gasteiger partial charge is 0.246 e. The fourth-order valence-corrected chi connectivity index (χ4v) is 3.86. The van der Waals surface area contributed by atoms with Gasteiger partial charge in [-0.1, -0.05) is 28.4 Å². The molecule has 130 valence electrons. The van der Waals surface area contributed by atoms with Crippen LogP contribution in [0.2, 0.25) is 10.0 Å². The van der Waals surface area contributed by atoms with E-state index >= 15 is 0 Å². The maximum absolute atomic E-state index is 12.4. The average molecular weight is 392 g/mol. The normalized spacial score (nSPS) is 12.9. The molecule has 1 aromatic carbocycles. The first-order valence-electron chi connectivity index (χ1n) is 6.83. The van der Waals surface area contributed by atoms with E-state index in [0.29, 0.717) is 10.7 Å². The lowest BCUT2D eigenvalue weighted by Crippen LogP contribution is -2.41. The Bertz CT molecular complexity index is 861. The molecule has 0 aliphatic heterocycles. The molecule has 7 nitrogen and oxygen atoms in total. The minimum absolute atomic E-state index is 0.0725. The first-order valence-corrected chi connectivity index (χ1v) is 9.07. The molecule has 0 spiro atoms. The molecular weight excluding hydrogens is 377 g/mol. The van der Waals surface area contributed by atoms with Gasteiger partial charge in [-0.2, -0.15) is 4.72 Å². The van der Waals surface area contributed by atoms with E-state index in [-0.39, 0.29) is 21.4 Å². The van der Waals surface area contributed by atoms with Crippen LogP contribution >= 0.6 is 23.2 Å². The van der Waals surface area contributed by atoms with Crippen molar-refractivity contribution in [3.05, 3.63) is 39.7 Å². The number of nitrogens with zero attached hydrogens (tertiary/aromatic N) is 1. The number of sulfonamides is 1. The average Bonchev–Trinajstić information content (AvgIpc) is 2.82. The van der Waals surface area contributed by atoms with E-state index in [0.717, 1.165) is 0 Å². The first kappa shape index (κ1) is 18.7. The highest BCUT2D eigenvalue weighted by molar-refractivity contribution is 7.89. The molecule has 0 aliphatic rings. The molecule has 0 saturated carbocycles. The summed E-state index contributed by atoms with van der Waals surface area (Å²) in [6, 6.07) is 3.52. The highest BCUT2D eigenvalue weighted by Gasteiger charge is 2.28. The molecule has 1 amide bonds. The number of benzene rings is 1. The number of rotatable bonds is 5. The second-order valence-electron chi connectivity index (χ2n) is 5.11. The largest absolute Gasteiger partial charge is 0.360 e. The van der Waals surface area contributed by atoms with Gasteiger partial charge in [0.15, 0.2) is 5.76 Å². The van der Waals surface area contributed by atoms with Crippen molar-refractivity contribution in [2.24, 2.45) is 0 Å². The highest BCUT2D eigenvalue weighted by atomic mass is 35.5. The van der Waals surface area contributed by atoms with Crippen molar-refractivity contribution < 1.29 is 17.7 Å². The molecular formula is C14H15Cl2N3O4S. The summed E-state index contributed by atoms with van der Waals surface area (Å²) >= 11 is 11.7. The molecule has 0 radical (unpaired) electrons. The number of hydrogen-bond acceptors (Lipinski definition) is 5. The second kappa shape index (κ2) is 7.10. The number of amides is 1. The van der Waals surface area contributed by atoms with Gasteiger partial charge in [-0.25, -0.2) is 8.42 Å². The van der Waals surface area contributed by atoms with Crippen molar-refractivity contribution in [2.45, 2.75) is 31.7 Å². The highest BCUT2D eigenvalue weighted by Crippen LogP contribution is 2.25. The summed E-state index contributed by atoms with van der Waals surface area (Å²) in [5.41, 5.74) is 0.620. The zero-order valence-electron chi connectivity index (χ0n) is 13.1. The van der Waals surface area contributed by atoms with Crippen LogP contribution < -0.4 is 10.0 Å². The number of nitrogens with one attached hydrogen (secondary N) is 2. The maximum atomic E-state index is 12.4. The number of carbonyl (C=O) groups excluding carboxylic acids is 1. The minimum Gasteiger partial charge on any atom is -0.360 e. The number of carbonyl (C=O) groups is 1. The van der Waals surface area contributed by atoms with E-state index in [2.05, 4.69) is 15.2 Å². The fourth-order valence-electron chi connectivity index (χ4n) is 2.03. The zero-order valence-corrected chi connectivity index (χ0v) is 15.4. The number of anilines is 1. The van der Waals surface area contributed by atoms with Crippen molar-refractivity contribution in [1.29, 1.82) is 0 Å². The van der Waals surface area contributed by atoms with Crippen molar-refractivity contribution in [2.75, 3.05) is 5.32 Å². The van der Waals surface area contributed by atoms with Gasteiger partial charge < -0.3 is 9.84 Å². The predicted molar refractivity (Wildman–Crippen MR) is 90.9 cm³/mol. The Hall–Kier alpha value is -1.61. The minimum atomic E-state index is -3.94. The van der Waals surface area contributed by atoms with Gasteiger partial charge >= 0.3 is 0 Å².